The van der Waals surface area contributed by atoms with Gasteiger partial charge in [0, 0.05) is 38.8 Å². The number of furan rings is 1. The minimum absolute atomic E-state index is 0.00510. The van der Waals surface area contributed by atoms with E-state index in [1.807, 2.05) is 29.2 Å². The average molecular weight is 552 g/mol. The Bertz CT molecular complexity index is 1260. The van der Waals surface area contributed by atoms with Crippen molar-refractivity contribution in [1.82, 2.24) is 15.3 Å². The summed E-state index contributed by atoms with van der Waals surface area (Å²) in [6.07, 6.45) is -2.36. The molecule has 2 aliphatic rings. The third-order valence-corrected chi connectivity index (χ3v) is 7.45. The molecule has 1 aliphatic heterocycles. The van der Waals surface area contributed by atoms with Crippen LogP contribution in [0.1, 0.15) is 34.9 Å². The highest BCUT2D eigenvalue weighted by atomic mass is 35.5. The lowest BCUT2D eigenvalue weighted by Gasteiger charge is -2.37. The van der Waals surface area contributed by atoms with E-state index in [2.05, 4.69) is 20.2 Å². The molecular weight excluding hydrogens is 527 g/mol. The number of para-hydroxylation sites is 1. The van der Waals surface area contributed by atoms with Crippen LogP contribution < -0.4 is 15.1 Å². The van der Waals surface area contributed by atoms with Crippen LogP contribution in [0.3, 0.4) is 0 Å². The Morgan fingerprint density at radius 3 is 2.51 bits per heavy atom. The van der Waals surface area contributed by atoms with Crippen LogP contribution in [0.2, 0.25) is 5.02 Å². The SMILES string of the molecule is O=C(NCC1CC1)c1ccc(CSc2nc(N3CCN(c4ccccc4Cl)CC3)cc(C(F)(F)F)n2)o1. The Hall–Kier alpha value is -2.92. The highest BCUT2D eigenvalue weighted by molar-refractivity contribution is 7.98. The van der Waals surface area contributed by atoms with Gasteiger partial charge in [-0.05, 0) is 43.0 Å². The molecule has 5 rings (SSSR count). The summed E-state index contributed by atoms with van der Waals surface area (Å²) in [5.41, 5.74) is -0.0918. The van der Waals surface area contributed by atoms with Gasteiger partial charge in [-0.2, -0.15) is 13.2 Å². The lowest BCUT2D eigenvalue weighted by Crippen LogP contribution is -2.47. The van der Waals surface area contributed by atoms with Gasteiger partial charge in [-0.1, -0.05) is 35.5 Å². The van der Waals surface area contributed by atoms with Gasteiger partial charge < -0.3 is 19.5 Å². The Labute approximate surface area is 221 Å². The van der Waals surface area contributed by atoms with Gasteiger partial charge in [-0.25, -0.2) is 9.97 Å². The number of hydrogen-bond donors (Lipinski definition) is 1. The summed E-state index contributed by atoms with van der Waals surface area (Å²) in [5, 5.41) is 3.46. The molecule has 2 fully saturated rings. The van der Waals surface area contributed by atoms with Crippen molar-refractivity contribution in [1.29, 1.82) is 0 Å². The summed E-state index contributed by atoms with van der Waals surface area (Å²) >= 11 is 7.34. The zero-order valence-corrected chi connectivity index (χ0v) is 21.4. The number of carbonyl (C=O) groups excluding carboxylic acids is 1. The van der Waals surface area contributed by atoms with Crippen molar-refractivity contribution in [2.24, 2.45) is 5.92 Å². The van der Waals surface area contributed by atoms with Crippen molar-refractivity contribution in [2.45, 2.75) is 29.9 Å². The van der Waals surface area contributed by atoms with E-state index in [-0.39, 0.29) is 28.4 Å². The van der Waals surface area contributed by atoms with Crippen LogP contribution in [0, 0.1) is 5.92 Å². The monoisotopic (exact) mass is 551 g/mol. The molecule has 37 heavy (non-hydrogen) atoms. The van der Waals surface area contributed by atoms with Crippen molar-refractivity contribution in [2.75, 3.05) is 42.5 Å². The first-order valence-corrected chi connectivity index (χ1v) is 13.3. The molecule has 196 valence electrons. The number of anilines is 2. The quantitative estimate of drug-likeness (QED) is 0.293. The summed E-state index contributed by atoms with van der Waals surface area (Å²) in [5.74, 6) is 1.30. The molecule has 3 heterocycles. The van der Waals surface area contributed by atoms with E-state index in [0.717, 1.165) is 36.4 Å². The summed E-state index contributed by atoms with van der Waals surface area (Å²) in [7, 11) is 0. The summed E-state index contributed by atoms with van der Waals surface area (Å²) in [6, 6.07) is 11.7. The molecule has 0 radical (unpaired) electrons. The first-order chi connectivity index (χ1) is 17.8. The molecule has 3 aromatic rings. The van der Waals surface area contributed by atoms with Gasteiger partial charge in [-0.3, -0.25) is 4.79 Å². The Morgan fingerprint density at radius 2 is 1.81 bits per heavy atom. The number of aromatic nitrogens is 2. The second kappa shape index (κ2) is 10.8. The Kier molecular flexibility index (Phi) is 7.52. The number of piperazine rings is 1. The van der Waals surface area contributed by atoms with Gasteiger partial charge in [0.05, 0.1) is 16.5 Å². The van der Waals surface area contributed by atoms with Gasteiger partial charge in [-0.15, -0.1) is 0 Å². The van der Waals surface area contributed by atoms with E-state index in [4.69, 9.17) is 16.0 Å². The minimum Gasteiger partial charge on any atom is -0.455 e. The predicted molar refractivity (Wildman–Crippen MR) is 136 cm³/mol. The smallest absolute Gasteiger partial charge is 0.433 e. The molecule has 0 bridgehead atoms. The maximum atomic E-state index is 13.6. The number of hydrogen-bond acceptors (Lipinski definition) is 7. The molecule has 1 saturated carbocycles. The van der Waals surface area contributed by atoms with E-state index in [9.17, 15) is 18.0 Å². The van der Waals surface area contributed by atoms with Crippen LogP contribution in [0.4, 0.5) is 24.7 Å². The summed E-state index contributed by atoms with van der Waals surface area (Å²) < 4.78 is 46.5. The largest absolute Gasteiger partial charge is 0.455 e. The van der Waals surface area contributed by atoms with Crippen molar-refractivity contribution in [3.8, 4) is 0 Å². The number of nitrogens with zero attached hydrogens (tertiary/aromatic N) is 4. The van der Waals surface area contributed by atoms with Crippen LogP contribution in [0.5, 0.6) is 0 Å². The maximum Gasteiger partial charge on any atom is 0.433 e. The number of thioether (sulfide) groups is 1. The van der Waals surface area contributed by atoms with Crippen LogP contribution in [-0.4, -0.2) is 48.6 Å². The van der Waals surface area contributed by atoms with Crippen molar-refractivity contribution >= 4 is 40.8 Å². The van der Waals surface area contributed by atoms with Crippen LogP contribution in [-0.2, 0) is 11.9 Å². The zero-order chi connectivity index (χ0) is 26.0. The lowest BCUT2D eigenvalue weighted by atomic mass is 10.2. The van der Waals surface area contributed by atoms with E-state index in [0.29, 0.717) is 49.4 Å². The molecule has 2 aromatic heterocycles. The molecular formula is C25H25ClF3N5O2S. The highest BCUT2D eigenvalue weighted by Crippen LogP contribution is 2.33. The van der Waals surface area contributed by atoms with Gasteiger partial charge in [0.25, 0.3) is 5.91 Å². The number of halogens is 4. The lowest BCUT2D eigenvalue weighted by molar-refractivity contribution is -0.141. The fourth-order valence-corrected chi connectivity index (χ4v) is 5.03. The molecule has 0 spiro atoms. The highest BCUT2D eigenvalue weighted by Gasteiger charge is 2.35. The van der Waals surface area contributed by atoms with E-state index in [1.165, 1.54) is 0 Å². The number of alkyl halides is 3. The predicted octanol–water partition coefficient (Wildman–Crippen LogP) is 5.50. The van der Waals surface area contributed by atoms with E-state index < -0.39 is 11.9 Å². The third kappa shape index (κ3) is 6.51. The van der Waals surface area contributed by atoms with Gasteiger partial charge in [0.2, 0.25) is 0 Å². The molecule has 1 aliphatic carbocycles. The van der Waals surface area contributed by atoms with Crippen molar-refractivity contribution in [3.63, 3.8) is 0 Å². The second-order valence-corrected chi connectivity index (χ2v) is 10.4. The van der Waals surface area contributed by atoms with Crippen molar-refractivity contribution in [3.05, 3.63) is 64.7 Å². The van der Waals surface area contributed by atoms with E-state index >= 15 is 0 Å². The number of benzene rings is 1. The first-order valence-electron chi connectivity index (χ1n) is 12.0. The van der Waals surface area contributed by atoms with Gasteiger partial charge >= 0.3 is 6.18 Å². The van der Waals surface area contributed by atoms with Gasteiger partial charge in [0.15, 0.2) is 16.6 Å². The Morgan fingerprint density at radius 1 is 1.08 bits per heavy atom. The molecule has 1 amide bonds. The topological polar surface area (TPSA) is 74.5 Å². The summed E-state index contributed by atoms with van der Waals surface area (Å²) in [4.78, 5) is 24.3. The third-order valence-electron chi connectivity index (χ3n) is 6.26. The normalized spacial score (nSPS) is 16.2. The van der Waals surface area contributed by atoms with Gasteiger partial charge in [0.1, 0.15) is 11.6 Å². The molecule has 0 atom stereocenters. The Balaban J connectivity index is 1.25. The number of nitrogens with one attached hydrogen (secondary N) is 1. The number of amides is 1. The van der Waals surface area contributed by atoms with E-state index in [1.54, 1.807) is 12.1 Å². The molecule has 1 N–H and O–H groups in total. The molecule has 7 nitrogen and oxygen atoms in total. The average Bonchev–Trinajstić information content (AvgIpc) is 3.60. The van der Waals surface area contributed by atoms with Crippen LogP contribution >= 0.6 is 23.4 Å². The maximum absolute atomic E-state index is 13.6. The fraction of sp³-hybridized carbons (Fsp3) is 0.400. The van der Waals surface area contributed by atoms with Crippen molar-refractivity contribution < 1.29 is 22.4 Å². The van der Waals surface area contributed by atoms with Crippen LogP contribution in [0.15, 0.2) is 52.0 Å². The van der Waals surface area contributed by atoms with Crippen LogP contribution in [0.25, 0.3) is 0 Å². The fourth-order valence-electron chi connectivity index (χ4n) is 4.03. The second-order valence-electron chi connectivity index (χ2n) is 9.03. The molecule has 1 saturated heterocycles. The molecule has 12 heteroatoms. The summed E-state index contributed by atoms with van der Waals surface area (Å²) in [6.45, 7) is 2.78. The zero-order valence-electron chi connectivity index (χ0n) is 19.8. The molecule has 1 aromatic carbocycles. The first kappa shape index (κ1) is 25.7. The number of carbonyl (C=O) groups is 1. The minimum atomic E-state index is -4.61. The molecule has 0 unspecified atom stereocenters. The number of rotatable bonds is 8. The standard InChI is InChI=1S/C25H25ClF3N5O2S/c26-18-3-1-2-4-19(18)33-9-11-34(12-10-33)22-13-21(25(27,28)29)31-24(32-22)37-15-17-7-8-20(36-17)23(35)30-14-16-5-6-16/h1-4,7-8,13,16H,5-6,9-12,14-15H2,(H,30,35).